The van der Waals surface area contributed by atoms with Gasteiger partial charge in [-0.15, -0.1) is 0 Å². The van der Waals surface area contributed by atoms with Gasteiger partial charge in [0.15, 0.2) is 17.5 Å². The highest BCUT2D eigenvalue weighted by Crippen LogP contribution is 2.32. The molecule has 0 bridgehead atoms. The highest BCUT2D eigenvalue weighted by atomic mass is 35.5. The molecular weight excluding hydrogens is 468 g/mol. The summed E-state index contributed by atoms with van der Waals surface area (Å²) in [6, 6.07) is 0.552. The Morgan fingerprint density at radius 2 is 2.15 bits per heavy atom. The number of hydrogen-bond donors (Lipinski definition) is 2. The van der Waals surface area contributed by atoms with E-state index in [1.54, 1.807) is 19.2 Å². The molecule has 0 spiro atoms. The molecule has 3 aromatic heterocycles. The maximum Gasteiger partial charge on any atom is 0.405 e. The van der Waals surface area contributed by atoms with Crippen LogP contribution in [0.4, 0.5) is 23.4 Å². The molecule has 33 heavy (non-hydrogen) atoms. The van der Waals surface area contributed by atoms with Crippen molar-refractivity contribution >= 4 is 34.4 Å². The van der Waals surface area contributed by atoms with Gasteiger partial charge in [0.25, 0.3) is 0 Å². The van der Waals surface area contributed by atoms with Crippen molar-refractivity contribution in [2.24, 2.45) is 0 Å². The Labute approximate surface area is 190 Å². The maximum atomic E-state index is 14.8. The van der Waals surface area contributed by atoms with Crippen molar-refractivity contribution in [1.82, 2.24) is 25.3 Å². The van der Waals surface area contributed by atoms with Crippen LogP contribution in [0.25, 0.3) is 22.4 Å². The van der Waals surface area contributed by atoms with Crippen LogP contribution in [0.3, 0.4) is 0 Å². The van der Waals surface area contributed by atoms with Crippen LogP contribution in [0.5, 0.6) is 0 Å². The van der Waals surface area contributed by atoms with Crippen LogP contribution in [-0.2, 0) is 9.53 Å². The van der Waals surface area contributed by atoms with Crippen LogP contribution in [0.1, 0.15) is 13.3 Å². The number of ether oxygens (including phenoxy) is 1. The summed E-state index contributed by atoms with van der Waals surface area (Å²) in [6.07, 6.45) is -0.966. The lowest BCUT2D eigenvalue weighted by molar-refractivity contribution is -0.139. The Hall–Kier alpha value is -2.99. The molecule has 4 rings (SSSR count). The molecule has 1 fully saturated rings. The first-order valence-corrected chi connectivity index (χ1v) is 10.4. The van der Waals surface area contributed by atoms with Gasteiger partial charge < -0.3 is 19.9 Å². The van der Waals surface area contributed by atoms with Crippen LogP contribution in [0.15, 0.2) is 24.7 Å². The van der Waals surface area contributed by atoms with Gasteiger partial charge >= 0.3 is 6.18 Å². The quantitative estimate of drug-likeness (QED) is 0.518. The van der Waals surface area contributed by atoms with Gasteiger partial charge in [-0.1, -0.05) is 11.6 Å². The van der Waals surface area contributed by atoms with Crippen molar-refractivity contribution in [2.75, 3.05) is 24.6 Å². The molecular formula is C20H19ClF4N6O2. The molecule has 8 nitrogen and oxygen atoms in total. The van der Waals surface area contributed by atoms with Gasteiger partial charge in [0, 0.05) is 42.9 Å². The minimum atomic E-state index is -4.57. The SMILES string of the molecule is CCOC1C[C@@H](C(=O)NCC(F)(F)F)N(c2nc(-c3c[nH]c4ncc(Cl)cc34)ncc2F)C1. The van der Waals surface area contributed by atoms with Gasteiger partial charge in [0.1, 0.15) is 18.2 Å². The zero-order valence-corrected chi connectivity index (χ0v) is 18.0. The van der Waals surface area contributed by atoms with Crippen LogP contribution in [0, 0.1) is 5.82 Å². The number of carbonyl (C=O) groups excluding carboxylic acids is 1. The Kier molecular flexibility index (Phi) is 6.39. The lowest BCUT2D eigenvalue weighted by Crippen LogP contribution is -2.46. The molecule has 0 radical (unpaired) electrons. The van der Waals surface area contributed by atoms with Crippen LogP contribution in [-0.4, -0.2) is 63.9 Å². The summed E-state index contributed by atoms with van der Waals surface area (Å²) < 4.78 is 58.2. The van der Waals surface area contributed by atoms with Crippen molar-refractivity contribution in [3.8, 4) is 11.4 Å². The third kappa shape index (κ3) is 5.01. The lowest BCUT2D eigenvalue weighted by atomic mass is 10.2. The number of H-pyrrole nitrogens is 1. The fourth-order valence-corrected chi connectivity index (χ4v) is 3.95. The predicted octanol–water partition coefficient (Wildman–Crippen LogP) is 3.47. The van der Waals surface area contributed by atoms with Crippen molar-refractivity contribution in [3.05, 3.63) is 35.5 Å². The lowest BCUT2D eigenvalue weighted by Gasteiger charge is -2.25. The Morgan fingerprint density at radius 1 is 1.36 bits per heavy atom. The number of nitrogens with one attached hydrogen (secondary N) is 2. The third-order valence-electron chi connectivity index (χ3n) is 5.17. The summed E-state index contributed by atoms with van der Waals surface area (Å²) in [5, 5.41) is 2.85. The number of anilines is 1. The fraction of sp³-hybridized carbons (Fsp3) is 0.400. The minimum absolute atomic E-state index is 0.0760. The molecule has 0 aromatic carbocycles. The van der Waals surface area contributed by atoms with Crippen LogP contribution in [0.2, 0.25) is 5.02 Å². The molecule has 1 saturated heterocycles. The molecule has 0 aliphatic carbocycles. The summed E-state index contributed by atoms with van der Waals surface area (Å²) in [4.78, 5) is 29.3. The van der Waals surface area contributed by atoms with Crippen molar-refractivity contribution in [1.29, 1.82) is 0 Å². The van der Waals surface area contributed by atoms with E-state index in [4.69, 9.17) is 16.3 Å². The topological polar surface area (TPSA) is 96.0 Å². The van der Waals surface area contributed by atoms with Crippen LogP contribution < -0.4 is 10.2 Å². The molecule has 13 heteroatoms. The van der Waals surface area contributed by atoms with Crippen molar-refractivity contribution in [2.45, 2.75) is 31.7 Å². The zero-order valence-electron chi connectivity index (χ0n) is 17.3. The second-order valence-corrected chi connectivity index (χ2v) is 7.87. The Balaban J connectivity index is 1.69. The van der Waals surface area contributed by atoms with E-state index < -0.39 is 36.6 Å². The molecule has 0 saturated carbocycles. The van der Waals surface area contributed by atoms with Gasteiger partial charge in [-0.05, 0) is 13.0 Å². The Bertz CT molecular complexity index is 1170. The smallest absolute Gasteiger partial charge is 0.377 e. The number of hydrogen-bond acceptors (Lipinski definition) is 6. The number of nitrogens with zero attached hydrogens (tertiary/aromatic N) is 4. The first kappa shape index (κ1) is 23.2. The monoisotopic (exact) mass is 486 g/mol. The summed E-state index contributed by atoms with van der Waals surface area (Å²) in [5.74, 6) is -1.78. The molecule has 3 aromatic rings. The van der Waals surface area contributed by atoms with E-state index in [9.17, 15) is 22.4 Å². The molecule has 176 valence electrons. The van der Waals surface area contributed by atoms with Gasteiger partial charge in [-0.3, -0.25) is 4.79 Å². The average molecular weight is 487 g/mol. The normalized spacial score (nSPS) is 18.8. The van der Waals surface area contributed by atoms with E-state index in [1.165, 1.54) is 11.1 Å². The summed E-state index contributed by atoms with van der Waals surface area (Å²) in [5.41, 5.74) is 1.02. The highest BCUT2D eigenvalue weighted by molar-refractivity contribution is 6.31. The fourth-order valence-electron chi connectivity index (χ4n) is 3.79. The average Bonchev–Trinajstić information content (AvgIpc) is 3.36. The first-order valence-electron chi connectivity index (χ1n) is 10.0. The molecule has 1 aliphatic heterocycles. The van der Waals surface area contributed by atoms with Crippen molar-refractivity contribution < 1.29 is 27.1 Å². The number of halogens is 5. The van der Waals surface area contributed by atoms with E-state index in [-0.39, 0.29) is 24.6 Å². The molecule has 1 aliphatic rings. The first-order chi connectivity index (χ1) is 15.7. The number of fused-ring (bicyclic) bond motifs is 1. The van der Waals surface area contributed by atoms with Gasteiger partial charge in [0.2, 0.25) is 5.91 Å². The molecule has 4 heterocycles. The standard InChI is InChI=1S/C20H19ClF4N6O2/c1-2-33-11-4-15(19(32)29-9-20(23,24)25)31(8-11)18-14(22)7-28-17(30-18)13-6-27-16-12(13)3-10(21)5-26-16/h3,5-7,11,15H,2,4,8-9H2,1H3,(H,26,27)(H,29,32)/t11?,15-/m0/s1. The van der Waals surface area contributed by atoms with Crippen molar-refractivity contribution in [3.63, 3.8) is 0 Å². The highest BCUT2D eigenvalue weighted by Gasteiger charge is 2.40. The molecule has 2 atom stereocenters. The molecule has 1 amide bonds. The number of carbonyl (C=O) groups is 1. The maximum absolute atomic E-state index is 14.8. The molecule has 2 N–H and O–H groups in total. The van der Waals surface area contributed by atoms with E-state index in [0.717, 1.165) is 6.20 Å². The second-order valence-electron chi connectivity index (χ2n) is 7.43. The van der Waals surface area contributed by atoms with E-state index in [0.29, 0.717) is 28.2 Å². The largest absolute Gasteiger partial charge is 0.405 e. The van der Waals surface area contributed by atoms with Crippen LogP contribution >= 0.6 is 11.6 Å². The summed E-state index contributed by atoms with van der Waals surface area (Å²) in [6.45, 7) is 0.666. The number of pyridine rings is 1. The van der Waals surface area contributed by atoms with Gasteiger partial charge in [-0.25, -0.2) is 19.3 Å². The van der Waals surface area contributed by atoms with E-state index in [2.05, 4.69) is 19.9 Å². The van der Waals surface area contributed by atoms with Gasteiger partial charge in [0.05, 0.1) is 17.3 Å². The second kappa shape index (κ2) is 9.10. The third-order valence-corrected chi connectivity index (χ3v) is 5.37. The number of aromatic nitrogens is 4. The number of alkyl halides is 3. The summed E-state index contributed by atoms with van der Waals surface area (Å²) >= 11 is 6.03. The summed E-state index contributed by atoms with van der Waals surface area (Å²) in [7, 11) is 0. The van der Waals surface area contributed by atoms with Gasteiger partial charge in [-0.2, -0.15) is 13.2 Å². The number of aromatic amines is 1. The Morgan fingerprint density at radius 3 is 2.88 bits per heavy atom. The number of amides is 1. The minimum Gasteiger partial charge on any atom is -0.377 e. The predicted molar refractivity (Wildman–Crippen MR) is 112 cm³/mol. The van der Waals surface area contributed by atoms with E-state index in [1.807, 2.05) is 5.32 Å². The molecule has 1 unspecified atom stereocenters. The zero-order chi connectivity index (χ0) is 23.8. The number of rotatable bonds is 6. The van der Waals surface area contributed by atoms with E-state index >= 15 is 0 Å².